The number of nitrogen functional groups attached to an aromatic ring is 1. The van der Waals surface area contributed by atoms with Crippen molar-refractivity contribution in [3.8, 4) is 0 Å². The van der Waals surface area contributed by atoms with Gasteiger partial charge in [0.1, 0.15) is 11.9 Å². The van der Waals surface area contributed by atoms with Gasteiger partial charge >= 0.3 is 5.97 Å². The van der Waals surface area contributed by atoms with E-state index in [1.165, 1.54) is 23.9 Å². The molecule has 0 aliphatic carbocycles. The van der Waals surface area contributed by atoms with E-state index in [4.69, 9.17) is 10.8 Å². The minimum atomic E-state index is -1.14. The zero-order valence-corrected chi connectivity index (χ0v) is 11.2. The van der Waals surface area contributed by atoms with E-state index >= 15 is 0 Å². The Morgan fingerprint density at radius 3 is 2.74 bits per heavy atom. The van der Waals surface area contributed by atoms with Crippen LogP contribution in [0.15, 0.2) is 18.2 Å². The summed E-state index contributed by atoms with van der Waals surface area (Å²) in [6.07, 6.45) is 2.11. The molecule has 0 radical (unpaired) electrons. The van der Waals surface area contributed by atoms with Crippen molar-refractivity contribution in [1.82, 2.24) is 5.32 Å². The summed E-state index contributed by atoms with van der Waals surface area (Å²) in [4.78, 5) is 22.8. The third-order valence-electron chi connectivity index (χ3n) is 2.45. The lowest BCUT2D eigenvalue weighted by atomic mass is 10.1. The second-order valence-corrected chi connectivity index (χ2v) is 4.87. The maximum absolute atomic E-state index is 13.5. The molecule has 19 heavy (non-hydrogen) atoms. The maximum Gasteiger partial charge on any atom is 0.326 e. The Morgan fingerprint density at radius 2 is 2.21 bits per heavy atom. The Morgan fingerprint density at radius 1 is 1.53 bits per heavy atom. The number of rotatable bonds is 6. The fourth-order valence-corrected chi connectivity index (χ4v) is 1.92. The van der Waals surface area contributed by atoms with Crippen LogP contribution in [0.25, 0.3) is 0 Å². The molecule has 0 aliphatic rings. The van der Waals surface area contributed by atoms with Gasteiger partial charge in [0, 0.05) is 5.69 Å². The molecule has 0 unspecified atom stereocenters. The summed E-state index contributed by atoms with van der Waals surface area (Å²) in [6, 6.07) is 2.60. The van der Waals surface area contributed by atoms with Crippen molar-refractivity contribution in [3.05, 3.63) is 29.6 Å². The van der Waals surface area contributed by atoms with Gasteiger partial charge in [-0.3, -0.25) is 4.79 Å². The molecule has 1 rings (SSSR count). The highest BCUT2D eigenvalue weighted by Gasteiger charge is 2.21. The largest absolute Gasteiger partial charge is 0.480 e. The number of carbonyl (C=O) groups is 2. The van der Waals surface area contributed by atoms with Crippen LogP contribution in [0, 0.1) is 5.82 Å². The van der Waals surface area contributed by atoms with Gasteiger partial charge in [0.25, 0.3) is 5.91 Å². The minimum Gasteiger partial charge on any atom is -0.480 e. The number of hydrogen-bond acceptors (Lipinski definition) is 4. The summed E-state index contributed by atoms with van der Waals surface area (Å²) < 4.78 is 13.5. The zero-order chi connectivity index (χ0) is 14.4. The number of thioether (sulfide) groups is 1. The molecule has 1 aromatic carbocycles. The van der Waals surface area contributed by atoms with Crippen LogP contribution in [0.2, 0.25) is 0 Å². The SMILES string of the molecule is CSCC[C@@H](NC(=O)c1ccc(N)cc1F)C(=O)O. The minimum absolute atomic E-state index is 0.200. The molecule has 0 spiro atoms. The fraction of sp³-hybridized carbons (Fsp3) is 0.333. The lowest BCUT2D eigenvalue weighted by molar-refractivity contribution is -0.139. The van der Waals surface area contributed by atoms with E-state index in [0.29, 0.717) is 5.75 Å². The Balaban J connectivity index is 2.78. The number of halogens is 1. The van der Waals surface area contributed by atoms with Crippen LogP contribution in [-0.4, -0.2) is 35.0 Å². The van der Waals surface area contributed by atoms with E-state index in [9.17, 15) is 14.0 Å². The molecule has 7 heteroatoms. The number of benzene rings is 1. The van der Waals surface area contributed by atoms with Gasteiger partial charge in [-0.25, -0.2) is 9.18 Å². The maximum atomic E-state index is 13.5. The number of hydrogen-bond donors (Lipinski definition) is 3. The number of nitrogens with one attached hydrogen (secondary N) is 1. The number of nitrogens with two attached hydrogens (primary N) is 1. The molecule has 0 saturated heterocycles. The fourth-order valence-electron chi connectivity index (χ4n) is 1.44. The van der Waals surface area contributed by atoms with Crippen LogP contribution in [-0.2, 0) is 4.79 Å². The van der Waals surface area contributed by atoms with E-state index in [1.54, 1.807) is 0 Å². The number of carboxylic acids is 1. The molecule has 0 aromatic heterocycles. The van der Waals surface area contributed by atoms with Crippen molar-refractivity contribution in [1.29, 1.82) is 0 Å². The molecule has 1 aromatic rings. The monoisotopic (exact) mass is 286 g/mol. The third-order valence-corrected chi connectivity index (χ3v) is 3.10. The average molecular weight is 286 g/mol. The summed E-state index contributed by atoms with van der Waals surface area (Å²) in [6.45, 7) is 0. The Hall–Kier alpha value is -1.76. The van der Waals surface area contributed by atoms with Crippen molar-refractivity contribution in [2.45, 2.75) is 12.5 Å². The van der Waals surface area contributed by atoms with Gasteiger partial charge in [0.2, 0.25) is 0 Å². The number of carbonyl (C=O) groups excluding carboxylic acids is 1. The summed E-state index contributed by atoms with van der Waals surface area (Å²) in [5.74, 6) is -2.09. The Kier molecular flexibility index (Phi) is 5.62. The van der Waals surface area contributed by atoms with Crippen molar-refractivity contribution in [3.63, 3.8) is 0 Å². The summed E-state index contributed by atoms with van der Waals surface area (Å²) >= 11 is 1.47. The molecule has 1 atom stereocenters. The van der Waals surface area contributed by atoms with Gasteiger partial charge in [0.05, 0.1) is 5.56 Å². The highest BCUT2D eigenvalue weighted by atomic mass is 32.2. The van der Waals surface area contributed by atoms with E-state index in [-0.39, 0.29) is 17.7 Å². The topological polar surface area (TPSA) is 92.4 Å². The van der Waals surface area contributed by atoms with Gasteiger partial charge in [0.15, 0.2) is 0 Å². The number of anilines is 1. The standard InChI is InChI=1S/C12H15FN2O3S/c1-19-5-4-10(12(17)18)15-11(16)8-3-2-7(14)6-9(8)13/h2-3,6,10H,4-5,14H2,1H3,(H,15,16)(H,17,18)/t10-/m1/s1. The molecule has 0 heterocycles. The molecule has 104 valence electrons. The normalized spacial score (nSPS) is 11.9. The summed E-state index contributed by atoms with van der Waals surface area (Å²) in [5, 5.41) is 11.3. The van der Waals surface area contributed by atoms with E-state index in [1.807, 2.05) is 6.26 Å². The molecule has 0 saturated carbocycles. The van der Waals surface area contributed by atoms with Gasteiger partial charge < -0.3 is 16.2 Å². The molecule has 0 aliphatic heterocycles. The van der Waals surface area contributed by atoms with Crippen LogP contribution < -0.4 is 11.1 Å². The Bertz CT molecular complexity index is 482. The lowest BCUT2D eigenvalue weighted by Gasteiger charge is -2.14. The molecule has 1 amide bonds. The van der Waals surface area contributed by atoms with Gasteiger partial charge in [-0.2, -0.15) is 11.8 Å². The molecule has 0 bridgehead atoms. The molecule has 4 N–H and O–H groups in total. The van der Waals surface area contributed by atoms with Crippen LogP contribution in [0.1, 0.15) is 16.8 Å². The quantitative estimate of drug-likeness (QED) is 0.686. The summed E-state index contributed by atoms with van der Waals surface area (Å²) in [7, 11) is 0. The van der Waals surface area contributed by atoms with Gasteiger partial charge in [-0.1, -0.05) is 0 Å². The summed E-state index contributed by atoms with van der Waals surface area (Å²) in [5.41, 5.74) is 5.36. The first-order valence-corrected chi connectivity index (χ1v) is 6.92. The van der Waals surface area contributed by atoms with E-state index < -0.39 is 23.7 Å². The second kappa shape index (κ2) is 6.98. The highest BCUT2D eigenvalue weighted by molar-refractivity contribution is 7.98. The van der Waals surface area contributed by atoms with Crippen LogP contribution in [0.5, 0.6) is 0 Å². The first kappa shape index (κ1) is 15.3. The zero-order valence-electron chi connectivity index (χ0n) is 10.4. The molecule has 0 fully saturated rings. The molecular formula is C12H15FN2O3S. The highest BCUT2D eigenvalue weighted by Crippen LogP contribution is 2.12. The first-order valence-electron chi connectivity index (χ1n) is 5.53. The number of amides is 1. The lowest BCUT2D eigenvalue weighted by Crippen LogP contribution is -2.41. The molecule has 5 nitrogen and oxygen atoms in total. The van der Waals surface area contributed by atoms with Crippen molar-refractivity contribution in [2.75, 3.05) is 17.7 Å². The van der Waals surface area contributed by atoms with Gasteiger partial charge in [-0.15, -0.1) is 0 Å². The van der Waals surface area contributed by atoms with Gasteiger partial charge in [-0.05, 0) is 36.6 Å². The second-order valence-electron chi connectivity index (χ2n) is 3.89. The smallest absolute Gasteiger partial charge is 0.326 e. The van der Waals surface area contributed by atoms with E-state index in [0.717, 1.165) is 6.07 Å². The average Bonchev–Trinajstić information content (AvgIpc) is 2.33. The van der Waals surface area contributed by atoms with Crippen LogP contribution in [0.4, 0.5) is 10.1 Å². The van der Waals surface area contributed by atoms with E-state index in [2.05, 4.69) is 5.32 Å². The van der Waals surface area contributed by atoms with Crippen molar-refractivity contribution >= 4 is 29.3 Å². The van der Waals surface area contributed by atoms with Crippen LogP contribution >= 0.6 is 11.8 Å². The Labute approximate surface area is 114 Å². The first-order chi connectivity index (χ1) is 8.95. The van der Waals surface area contributed by atoms with Crippen LogP contribution in [0.3, 0.4) is 0 Å². The van der Waals surface area contributed by atoms with Crippen molar-refractivity contribution in [2.24, 2.45) is 0 Å². The number of aliphatic carboxylic acids is 1. The molecular weight excluding hydrogens is 271 g/mol. The predicted octanol–water partition coefficient (Wildman–Crippen LogP) is 1.34. The number of carboxylic acid groups (broad SMARTS) is 1. The predicted molar refractivity (Wildman–Crippen MR) is 72.7 cm³/mol. The van der Waals surface area contributed by atoms with Crippen molar-refractivity contribution < 1.29 is 19.1 Å². The third kappa shape index (κ3) is 4.44.